The van der Waals surface area contributed by atoms with Crippen LogP contribution in [0.5, 0.6) is 0 Å². The quantitative estimate of drug-likeness (QED) is 0.478. The van der Waals surface area contributed by atoms with Crippen molar-refractivity contribution in [3.8, 4) is 6.07 Å². The van der Waals surface area contributed by atoms with Gasteiger partial charge in [0.2, 0.25) is 0 Å². The molecule has 0 heterocycles. The highest BCUT2D eigenvalue weighted by Crippen LogP contribution is 2.15. The minimum Gasteiger partial charge on any atom is -0.292 e. The highest BCUT2D eigenvalue weighted by Gasteiger charge is 2.09. The van der Waals surface area contributed by atoms with Crippen molar-refractivity contribution in [3.05, 3.63) is 41.5 Å². The lowest BCUT2D eigenvalue weighted by Gasteiger charge is -2.05. The normalized spacial score (nSPS) is 12.1. The summed E-state index contributed by atoms with van der Waals surface area (Å²) in [5.41, 5.74) is 3.15. The predicted octanol–water partition coefficient (Wildman–Crippen LogP) is 4.96. The summed E-state index contributed by atoms with van der Waals surface area (Å²) in [7, 11) is 1.66. The van der Waals surface area contributed by atoms with E-state index in [2.05, 4.69) is 18.0 Å². The number of unbranched alkanes of at least 4 members (excludes halogenated alkanes) is 4. The van der Waals surface area contributed by atoms with Crippen LogP contribution in [0.15, 0.2) is 35.3 Å². The molecule has 0 saturated heterocycles. The molecule has 0 aliphatic carbocycles. The number of hydrogen-bond donors (Lipinski definition) is 0. The van der Waals surface area contributed by atoms with Crippen molar-refractivity contribution in [2.75, 3.05) is 7.05 Å². The number of aliphatic imine (C=N–C) groups is 1. The molecule has 1 rings (SSSR count). The monoisotopic (exact) mass is 310 g/mol. The number of allylic oxidation sites excluding steroid dienone is 2. The van der Waals surface area contributed by atoms with Gasteiger partial charge in [0.25, 0.3) is 0 Å². The molecule has 3 nitrogen and oxygen atoms in total. The first-order valence-corrected chi connectivity index (χ1v) is 8.31. The van der Waals surface area contributed by atoms with E-state index >= 15 is 0 Å². The number of carbonyl (C=O) groups excluding carboxylic acids is 1. The van der Waals surface area contributed by atoms with Gasteiger partial charge in [0.05, 0.1) is 11.6 Å². The summed E-state index contributed by atoms with van der Waals surface area (Å²) in [5, 5.41) is 8.83. The van der Waals surface area contributed by atoms with Gasteiger partial charge in [-0.05, 0) is 42.7 Å². The Morgan fingerprint density at radius 3 is 2.39 bits per heavy atom. The van der Waals surface area contributed by atoms with Gasteiger partial charge in [-0.1, -0.05) is 44.7 Å². The molecule has 0 aromatic heterocycles. The zero-order valence-corrected chi connectivity index (χ0v) is 14.4. The highest BCUT2D eigenvalue weighted by molar-refractivity contribution is 6.45. The SMILES string of the molecule is CCCCCCCC(=O)C(/C=C(\C)c1ccc(C#N)cc1)=NC. The lowest BCUT2D eigenvalue weighted by molar-refractivity contribution is -0.113. The Kier molecular flexibility index (Phi) is 8.60. The van der Waals surface area contributed by atoms with Gasteiger partial charge in [-0.3, -0.25) is 9.79 Å². The van der Waals surface area contributed by atoms with E-state index < -0.39 is 0 Å². The van der Waals surface area contributed by atoms with E-state index in [1.54, 1.807) is 19.2 Å². The van der Waals surface area contributed by atoms with Crippen LogP contribution in [-0.4, -0.2) is 18.5 Å². The van der Waals surface area contributed by atoms with Crippen LogP contribution in [0.4, 0.5) is 0 Å². The van der Waals surface area contributed by atoms with Crippen LogP contribution >= 0.6 is 0 Å². The highest BCUT2D eigenvalue weighted by atomic mass is 16.1. The van der Waals surface area contributed by atoms with Gasteiger partial charge in [0.15, 0.2) is 5.78 Å². The molecule has 0 spiro atoms. The summed E-state index contributed by atoms with van der Waals surface area (Å²) in [4.78, 5) is 16.4. The number of hydrogen-bond acceptors (Lipinski definition) is 3. The summed E-state index contributed by atoms with van der Waals surface area (Å²) in [6.07, 6.45) is 8.09. The average Bonchev–Trinajstić information content (AvgIpc) is 2.59. The maximum atomic E-state index is 12.3. The number of rotatable bonds is 9. The van der Waals surface area contributed by atoms with E-state index in [0.29, 0.717) is 17.7 Å². The molecular weight excluding hydrogens is 284 g/mol. The van der Waals surface area contributed by atoms with Crippen LogP contribution in [0.2, 0.25) is 0 Å². The molecule has 23 heavy (non-hydrogen) atoms. The standard InChI is InChI=1S/C20H26N2O/c1-4-5-6-7-8-9-20(23)19(22-3)14-16(2)18-12-10-17(15-21)11-13-18/h10-14H,4-9H2,1-3H3/b16-14+,22-19?. The Bertz CT molecular complexity index is 604. The number of nitrogens with zero attached hydrogens (tertiary/aromatic N) is 2. The molecule has 0 amide bonds. The fourth-order valence-electron chi connectivity index (χ4n) is 2.38. The zero-order valence-electron chi connectivity index (χ0n) is 14.4. The molecule has 0 aliphatic heterocycles. The summed E-state index contributed by atoms with van der Waals surface area (Å²) in [5.74, 6) is 0.108. The lowest BCUT2D eigenvalue weighted by atomic mass is 10.0. The largest absolute Gasteiger partial charge is 0.292 e. The second-order valence-electron chi connectivity index (χ2n) is 5.71. The summed E-state index contributed by atoms with van der Waals surface area (Å²) >= 11 is 0. The molecule has 1 aromatic rings. The van der Waals surface area contributed by atoms with Crippen LogP contribution in [-0.2, 0) is 4.79 Å². The third-order valence-electron chi connectivity index (χ3n) is 3.86. The molecular formula is C20H26N2O. The third kappa shape index (κ3) is 6.61. The lowest BCUT2D eigenvalue weighted by Crippen LogP contribution is -2.11. The van der Waals surface area contributed by atoms with Crippen LogP contribution in [0.25, 0.3) is 5.57 Å². The van der Waals surface area contributed by atoms with Crippen molar-refractivity contribution < 1.29 is 4.79 Å². The van der Waals surface area contributed by atoms with Crippen LogP contribution in [0.1, 0.15) is 63.5 Å². The number of nitriles is 1. The second-order valence-corrected chi connectivity index (χ2v) is 5.71. The van der Waals surface area contributed by atoms with E-state index in [4.69, 9.17) is 5.26 Å². The number of benzene rings is 1. The van der Waals surface area contributed by atoms with E-state index in [1.807, 2.05) is 25.1 Å². The molecule has 122 valence electrons. The molecule has 1 aromatic carbocycles. The molecule has 3 heteroatoms. The Hall–Kier alpha value is -2.21. The Balaban J connectivity index is 2.66. The summed E-state index contributed by atoms with van der Waals surface area (Å²) in [6, 6.07) is 9.46. The zero-order chi connectivity index (χ0) is 17.1. The van der Waals surface area contributed by atoms with E-state index in [1.165, 1.54) is 19.3 Å². The van der Waals surface area contributed by atoms with Crippen molar-refractivity contribution in [1.82, 2.24) is 0 Å². The van der Waals surface area contributed by atoms with Gasteiger partial charge in [-0.25, -0.2) is 0 Å². The molecule has 0 N–H and O–H groups in total. The fraction of sp³-hybridized carbons (Fsp3) is 0.450. The van der Waals surface area contributed by atoms with E-state index in [0.717, 1.165) is 24.0 Å². The molecule has 0 fully saturated rings. The Labute approximate surface area is 139 Å². The fourth-order valence-corrected chi connectivity index (χ4v) is 2.38. The first-order valence-electron chi connectivity index (χ1n) is 8.31. The Morgan fingerprint density at radius 1 is 1.17 bits per heavy atom. The first kappa shape index (κ1) is 18.8. The molecule has 0 atom stereocenters. The smallest absolute Gasteiger partial charge is 0.180 e. The maximum Gasteiger partial charge on any atom is 0.180 e. The number of Topliss-reactive ketones (excluding diaryl/α,β-unsaturated/α-hetero) is 1. The van der Waals surface area contributed by atoms with Gasteiger partial charge >= 0.3 is 0 Å². The van der Waals surface area contributed by atoms with Gasteiger partial charge < -0.3 is 0 Å². The molecule has 0 radical (unpaired) electrons. The minimum absolute atomic E-state index is 0.108. The van der Waals surface area contributed by atoms with Crippen LogP contribution in [0, 0.1) is 11.3 Å². The predicted molar refractivity (Wildman–Crippen MR) is 96.6 cm³/mol. The molecule has 0 bridgehead atoms. The second kappa shape index (κ2) is 10.5. The summed E-state index contributed by atoms with van der Waals surface area (Å²) in [6.45, 7) is 4.14. The Morgan fingerprint density at radius 2 is 1.83 bits per heavy atom. The van der Waals surface area contributed by atoms with E-state index in [9.17, 15) is 4.79 Å². The first-order chi connectivity index (χ1) is 11.1. The molecule has 0 unspecified atom stereocenters. The van der Waals surface area contributed by atoms with Crippen LogP contribution < -0.4 is 0 Å². The van der Waals surface area contributed by atoms with Crippen molar-refractivity contribution in [3.63, 3.8) is 0 Å². The van der Waals surface area contributed by atoms with Crippen molar-refractivity contribution in [2.45, 2.75) is 52.4 Å². The maximum absolute atomic E-state index is 12.3. The topological polar surface area (TPSA) is 53.2 Å². The number of ketones is 1. The van der Waals surface area contributed by atoms with Gasteiger partial charge in [-0.2, -0.15) is 5.26 Å². The third-order valence-corrected chi connectivity index (χ3v) is 3.86. The minimum atomic E-state index is 0.108. The van der Waals surface area contributed by atoms with E-state index in [-0.39, 0.29) is 5.78 Å². The van der Waals surface area contributed by atoms with Crippen molar-refractivity contribution in [2.24, 2.45) is 4.99 Å². The molecule has 0 saturated carbocycles. The van der Waals surface area contributed by atoms with Crippen molar-refractivity contribution >= 4 is 17.1 Å². The average molecular weight is 310 g/mol. The molecule has 0 aliphatic rings. The van der Waals surface area contributed by atoms with Gasteiger partial charge in [-0.15, -0.1) is 0 Å². The van der Waals surface area contributed by atoms with Crippen LogP contribution in [0.3, 0.4) is 0 Å². The van der Waals surface area contributed by atoms with Gasteiger partial charge in [0.1, 0.15) is 5.71 Å². The van der Waals surface area contributed by atoms with Crippen molar-refractivity contribution in [1.29, 1.82) is 5.26 Å². The summed E-state index contributed by atoms with van der Waals surface area (Å²) < 4.78 is 0. The van der Waals surface area contributed by atoms with Gasteiger partial charge in [0, 0.05) is 13.5 Å². The number of carbonyl (C=O) groups is 1.